The number of carbonyl (C=O) groups is 2. The van der Waals surface area contributed by atoms with Crippen molar-refractivity contribution in [2.45, 2.75) is 30.2 Å². The number of carboxylic acid groups (broad SMARTS) is 1. The van der Waals surface area contributed by atoms with E-state index in [9.17, 15) is 18.0 Å². The Bertz CT molecular complexity index is 677. The molecule has 0 saturated heterocycles. The summed E-state index contributed by atoms with van der Waals surface area (Å²) in [6, 6.07) is 2.69. The summed E-state index contributed by atoms with van der Waals surface area (Å²) >= 11 is 0. The van der Waals surface area contributed by atoms with Gasteiger partial charge in [0.25, 0.3) is 0 Å². The Hall–Kier alpha value is -2.00. The quantitative estimate of drug-likeness (QED) is 0.756. The van der Waals surface area contributed by atoms with Crippen molar-refractivity contribution in [3.05, 3.63) is 24.5 Å². The van der Waals surface area contributed by atoms with Crippen molar-refractivity contribution in [1.82, 2.24) is 14.6 Å². The molecule has 2 atom stereocenters. The van der Waals surface area contributed by atoms with E-state index in [0.717, 1.165) is 4.31 Å². The fourth-order valence-electron chi connectivity index (χ4n) is 2.58. The molecular formula is C14H19N3O5S. The number of amides is 1. The lowest BCUT2D eigenvalue weighted by molar-refractivity contribution is -0.141. The molecule has 0 aromatic carbocycles. The van der Waals surface area contributed by atoms with Gasteiger partial charge in [-0.1, -0.05) is 0 Å². The minimum atomic E-state index is -3.78. The maximum absolute atomic E-state index is 12.3. The van der Waals surface area contributed by atoms with Gasteiger partial charge < -0.3 is 10.4 Å². The molecule has 1 aromatic heterocycles. The molecule has 23 heavy (non-hydrogen) atoms. The number of hydrogen-bond acceptors (Lipinski definition) is 5. The van der Waals surface area contributed by atoms with Gasteiger partial charge in [0.1, 0.15) is 4.90 Å². The molecule has 9 heteroatoms. The molecule has 0 spiro atoms. The summed E-state index contributed by atoms with van der Waals surface area (Å²) in [4.78, 5) is 26.7. The Morgan fingerprint density at radius 3 is 2.74 bits per heavy atom. The molecule has 8 nitrogen and oxygen atoms in total. The van der Waals surface area contributed by atoms with Crippen LogP contribution in [-0.2, 0) is 19.6 Å². The predicted octanol–water partition coefficient (Wildman–Crippen LogP) is 0.0716. The third-order valence-electron chi connectivity index (χ3n) is 3.86. The first kappa shape index (κ1) is 17.4. The van der Waals surface area contributed by atoms with Crippen molar-refractivity contribution in [2.75, 3.05) is 13.6 Å². The Balaban J connectivity index is 1.92. The van der Waals surface area contributed by atoms with Crippen molar-refractivity contribution in [1.29, 1.82) is 0 Å². The highest BCUT2D eigenvalue weighted by Gasteiger charge is 2.31. The highest BCUT2D eigenvalue weighted by atomic mass is 32.2. The molecular weight excluding hydrogens is 322 g/mol. The lowest BCUT2D eigenvalue weighted by Gasteiger charge is -2.18. The zero-order chi connectivity index (χ0) is 17.0. The van der Waals surface area contributed by atoms with Crippen LogP contribution in [0, 0.1) is 5.92 Å². The molecule has 1 aliphatic rings. The monoisotopic (exact) mass is 341 g/mol. The molecule has 0 unspecified atom stereocenters. The van der Waals surface area contributed by atoms with E-state index in [2.05, 4.69) is 10.3 Å². The van der Waals surface area contributed by atoms with Gasteiger partial charge in [-0.3, -0.25) is 14.6 Å². The summed E-state index contributed by atoms with van der Waals surface area (Å²) in [7, 11) is -2.46. The number of carboxylic acids is 1. The zero-order valence-electron chi connectivity index (χ0n) is 12.7. The summed E-state index contributed by atoms with van der Waals surface area (Å²) in [5.41, 5.74) is 0. The maximum Gasteiger partial charge on any atom is 0.306 e. The summed E-state index contributed by atoms with van der Waals surface area (Å²) in [5, 5.41) is 11.6. The van der Waals surface area contributed by atoms with E-state index in [-0.39, 0.29) is 17.5 Å². The number of rotatable bonds is 6. The third-order valence-corrected chi connectivity index (χ3v) is 5.64. The molecule has 0 bridgehead atoms. The van der Waals surface area contributed by atoms with Crippen LogP contribution in [0.25, 0.3) is 0 Å². The number of aromatic nitrogens is 1. The second kappa shape index (κ2) is 7.05. The van der Waals surface area contributed by atoms with Gasteiger partial charge in [0.05, 0.1) is 12.5 Å². The van der Waals surface area contributed by atoms with E-state index >= 15 is 0 Å². The molecule has 126 valence electrons. The van der Waals surface area contributed by atoms with Crippen LogP contribution in [0.3, 0.4) is 0 Å². The predicted molar refractivity (Wildman–Crippen MR) is 81.0 cm³/mol. The molecule has 1 amide bonds. The summed E-state index contributed by atoms with van der Waals surface area (Å²) < 4.78 is 25.5. The van der Waals surface area contributed by atoms with E-state index in [4.69, 9.17) is 5.11 Å². The second-order valence-electron chi connectivity index (χ2n) is 5.56. The van der Waals surface area contributed by atoms with Crippen molar-refractivity contribution in [3.8, 4) is 0 Å². The van der Waals surface area contributed by atoms with Crippen LogP contribution in [0.1, 0.15) is 19.3 Å². The van der Waals surface area contributed by atoms with Gasteiger partial charge in [-0.15, -0.1) is 0 Å². The van der Waals surface area contributed by atoms with E-state index in [1.165, 1.54) is 31.6 Å². The molecule has 0 radical (unpaired) electrons. The van der Waals surface area contributed by atoms with Gasteiger partial charge >= 0.3 is 5.97 Å². The van der Waals surface area contributed by atoms with E-state index in [0.29, 0.717) is 19.3 Å². The second-order valence-corrected chi connectivity index (χ2v) is 7.61. The normalized spacial score (nSPS) is 21.3. The summed E-state index contributed by atoms with van der Waals surface area (Å²) in [6.07, 6.45) is 4.16. The minimum absolute atomic E-state index is 0.0158. The van der Waals surface area contributed by atoms with E-state index in [1.54, 1.807) is 0 Å². The Labute approximate surface area is 134 Å². The van der Waals surface area contributed by atoms with E-state index in [1.807, 2.05) is 0 Å². The average molecular weight is 341 g/mol. The fourth-order valence-corrected chi connectivity index (χ4v) is 3.67. The first-order valence-corrected chi connectivity index (χ1v) is 8.63. The molecule has 1 aliphatic carbocycles. The molecule has 2 rings (SSSR count). The van der Waals surface area contributed by atoms with Gasteiger partial charge in [0.2, 0.25) is 15.9 Å². The Morgan fingerprint density at radius 1 is 1.43 bits per heavy atom. The van der Waals surface area contributed by atoms with Crippen molar-refractivity contribution in [2.24, 2.45) is 5.92 Å². The van der Waals surface area contributed by atoms with Crippen molar-refractivity contribution >= 4 is 21.9 Å². The van der Waals surface area contributed by atoms with Crippen LogP contribution >= 0.6 is 0 Å². The molecule has 0 aliphatic heterocycles. The molecule has 2 N–H and O–H groups in total. The van der Waals surface area contributed by atoms with Crippen LogP contribution in [-0.4, -0.2) is 54.3 Å². The Morgan fingerprint density at radius 2 is 2.17 bits per heavy atom. The number of likely N-dealkylation sites (N-methyl/N-ethyl adjacent to an activating group) is 1. The molecule has 1 fully saturated rings. The number of carbonyl (C=O) groups excluding carboxylic acids is 1. The molecule has 1 aromatic rings. The first-order chi connectivity index (χ1) is 10.8. The van der Waals surface area contributed by atoms with Gasteiger partial charge in [-0.05, 0) is 31.4 Å². The van der Waals surface area contributed by atoms with E-state index < -0.39 is 27.8 Å². The van der Waals surface area contributed by atoms with Crippen LogP contribution in [0.4, 0.5) is 0 Å². The average Bonchev–Trinajstić information content (AvgIpc) is 2.96. The number of nitrogens with zero attached hydrogens (tertiary/aromatic N) is 2. The highest BCUT2D eigenvalue weighted by Crippen LogP contribution is 2.25. The number of aliphatic carboxylic acids is 1. The lowest BCUT2D eigenvalue weighted by atomic mass is 10.1. The summed E-state index contributed by atoms with van der Waals surface area (Å²) in [5.74, 6) is -1.76. The van der Waals surface area contributed by atoms with Crippen LogP contribution in [0.5, 0.6) is 0 Å². The van der Waals surface area contributed by atoms with Gasteiger partial charge in [0.15, 0.2) is 0 Å². The third kappa shape index (κ3) is 4.26. The maximum atomic E-state index is 12.3. The zero-order valence-corrected chi connectivity index (χ0v) is 13.5. The molecule has 1 heterocycles. The topological polar surface area (TPSA) is 117 Å². The van der Waals surface area contributed by atoms with Crippen molar-refractivity contribution in [3.63, 3.8) is 0 Å². The van der Waals surface area contributed by atoms with Crippen molar-refractivity contribution < 1.29 is 23.1 Å². The van der Waals surface area contributed by atoms with Crippen LogP contribution in [0.15, 0.2) is 29.4 Å². The number of pyridine rings is 1. The van der Waals surface area contributed by atoms with Gasteiger partial charge in [0, 0.05) is 25.5 Å². The lowest BCUT2D eigenvalue weighted by Crippen LogP contribution is -2.42. The van der Waals surface area contributed by atoms with Crippen LogP contribution < -0.4 is 5.32 Å². The number of sulfonamides is 1. The molecule has 1 saturated carbocycles. The first-order valence-electron chi connectivity index (χ1n) is 7.19. The highest BCUT2D eigenvalue weighted by molar-refractivity contribution is 7.89. The minimum Gasteiger partial charge on any atom is -0.481 e. The summed E-state index contributed by atoms with van der Waals surface area (Å²) in [6.45, 7) is -0.328. The largest absolute Gasteiger partial charge is 0.481 e. The standard InChI is InChI=1S/C14H19N3O5S/c1-17(23(21,22)12-3-2-6-15-8-12)9-13(18)16-11-5-4-10(7-11)14(19)20/h2-3,6,8,10-11H,4-5,7,9H2,1H3,(H,16,18)(H,19,20)/t10-,11+/m1/s1. The van der Waals surface area contributed by atoms with Gasteiger partial charge in [-0.25, -0.2) is 8.42 Å². The van der Waals surface area contributed by atoms with Gasteiger partial charge in [-0.2, -0.15) is 4.31 Å². The number of nitrogens with one attached hydrogen (secondary N) is 1. The fraction of sp³-hybridized carbons (Fsp3) is 0.500. The SMILES string of the molecule is CN(CC(=O)N[C@H]1CC[C@@H](C(=O)O)C1)S(=O)(=O)c1cccnc1. The Kier molecular flexibility index (Phi) is 5.32. The number of hydrogen-bond donors (Lipinski definition) is 2. The van der Waals surface area contributed by atoms with Crippen LogP contribution in [0.2, 0.25) is 0 Å². The smallest absolute Gasteiger partial charge is 0.306 e.